The molecule has 21 heavy (non-hydrogen) atoms. The van der Waals surface area contributed by atoms with Crippen LogP contribution in [0.1, 0.15) is 23.6 Å². The number of rotatable bonds is 4. The van der Waals surface area contributed by atoms with Crippen LogP contribution in [0.15, 0.2) is 48.8 Å². The molecule has 0 N–H and O–H groups in total. The molecule has 4 nitrogen and oxygen atoms in total. The quantitative estimate of drug-likeness (QED) is 0.637. The molecule has 104 valence electrons. The largest absolute Gasteiger partial charge is 0.462 e. The number of esters is 1. The highest BCUT2D eigenvalue weighted by Crippen LogP contribution is 2.20. The summed E-state index contributed by atoms with van der Waals surface area (Å²) in [6, 6.07) is 12.6. The van der Waals surface area contributed by atoms with Gasteiger partial charge in [0, 0.05) is 12.4 Å². The minimum absolute atomic E-state index is 0.305. The highest BCUT2D eigenvalue weighted by Gasteiger charge is 2.13. The Balaban J connectivity index is 2.46. The molecule has 0 spiro atoms. The second-order valence-electron chi connectivity index (χ2n) is 4.25. The van der Waals surface area contributed by atoms with E-state index in [0.717, 1.165) is 11.1 Å². The number of carbonyl (C=O) groups is 1. The third kappa shape index (κ3) is 3.77. The smallest absolute Gasteiger partial charge is 0.338 e. The molecule has 0 aliphatic heterocycles. The van der Waals surface area contributed by atoms with E-state index in [1.165, 1.54) is 0 Å². The van der Waals surface area contributed by atoms with Crippen LogP contribution < -0.4 is 0 Å². The molecule has 0 aliphatic rings. The molecule has 1 heterocycles. The van der Waals surface area contributed by atoms with Gasteiger partial charge in [0.1, 0.15) is 0 Å². The Morgan fingerprint density at radius 3 is 2.76 bits per heavy atom. The van der Waals surface area contributed by atoms with Gasteiger partial charge in [0.25, 0.3) is 0 Å². The van der Waals surface area contributed by atoms with Crippen molar-refractivity contribution in [1.82, 2.24) is 4.98 Å². The molecule has 0 unspecified atom stereocenters. The molecule has 0 saturated heterocycles. The second kappa shape index (κ2) is 7.01. The van der Waals surface area contributed by atoms with Gasteiger partial charge in [-0.15, -0.1) is 0 Å². The summed E-state index contributed by atoms with van der Waals surface area (Å²) in [6.45, 7) is 2.07. The van der Waals surface area contributed by atoms with Crippen molar-refractivity contribution in [2.24, 2.45) is 0 Å². The maximum atomic E-state index is 12.1. The molecule has 2 rings (SSSR count). The van der Waals surface area contributed by atoms with Crippen LogP contribution in [0.3, 0.4) is 0 Å². The van der Waals surface area contributed by atoms with E-state index in [2.05, 4.69) is 11.1 Å². The Labute approximate surface area is 123 Å². The van der Waals surface area contributed by atoms with Gasteiger partial charge in [-0.2, -0.15) is 5.26 Å². The van der Waals surface area contributed by atoms with Crippen LogP contribution >= 0.6 is 0 Å². The Bertz CT molecular complexity index is 700. The summed E-state index contributed by atoms with van der Waals surface area (Å²) in [7, 11) is 0. The van der Waals surface area contributed by atoms with Crippen molar-refractivity contribution in [2.45, 2.75) is 6.92 Å². The number of benzene rings is 1. The van der Waals surface area contributed by atoms with E-state index in [4.69, 9.17) is 10.00 Å². The molecule has 1 aromatic heterocycles. The lowest BCUT2D eigenvalue weighted by molar-refractivity contribution is -0.136. The fourth-order valence-corrected chi connectivity index (χ4v) is 1.87. The van der Waals surface area contributed by atoms with Crippen molar-refractivity contribution in [3.63, 3.8) is 0 Å². The maximum Gasteiger partial charge on any atom is 0.338 e. The Morgan fingerprint density at radius 2 is 2.10 bits per heavy atom. The summed E-state index contributed by atoms with van der Waals surface area (Å²) in [4.78, 5) is 16.1. The number of aromatic nitrogens is 1. The standard InChI is InChI=1S/C17H14N2O2/c1-2-21-17(20)16(15-6-8-19-9-7-15)11-13-4-3-5-14(10-13)12-18/h3-11H,2H2,1H3. The summed E-state index contributed by atoms with van der Waals surface area (Å²) in [6.07, 6.45) is 4.95. The summed E-state index contributed by atoms with van der Waals surface area (Å²) < 4.78 is 5.09. The van der Waals surface area contributed by atoms with Crippen LogP contribution in [0, 0.1) is 11.3 Å². The van der Waals surface area contributed by atoms with Gasteiger partial charge in [-0.1, -0.05) is 12.1 Å². The molecule has 1 aromatic carbocycles. The molecule has 0 saturated carbocycles. The predicted molar refractivity (Wildman–Crippen MR) is 79.9 cm³/mol. The zero-order valence-corrected chi connectivity index (χ0v) is 11.6. The molecular weight excluding hydrogens is 264 g/mol. The monoisotopic (exact) mass is 278 g/mol. The van der Waals surface area contributed by atoms with Gasteiger partial charge in [0.05, 0.1) is 23.8 Å². The average molecular weight is 278 g/mol. The lowest BCUT2D eigenvalue weighted by Gasteiger charge is -2.07. The minimum Gasteiger partial charge on any atom is -0.462 e. The van der Waals surface area contributed by atoms with E-state index in [1.807, 2.05) is 6.07 Å². The van der Waals surface area contributed by atoms with Crippen molar-refractivity contribution < 1.29 is 9.53 Å². The zero-order chi connectivity index (χ0) is 15.1. The first-order valence-electron chi connectivity index (χ1n) is 6.54. The molecule has 0 fully saturated rings. The first-order chi connectivity index (χ1) is 10.2. The molecule has 0 bridgehead atoms. The second-order valence-corrected chi connectivity index (χ2v) is 4.25. The number of hydrogen-bond donors (Lipinski definition) is 0. The van der Waals surface area contributed by atoms with Crippen molar-refractivity contribution in [3.05, 3.63) is 65.5 Å². The highest BCUT2D eigenvalue weighted by atomic mass is 16.5. The molecule has 4 heteroatoms. The van der Waals surface area contributed by atoms with Gasteiger partial charge in [-0.25, -0.2) is 4.79 Å². The van der Waals surface area contributed by atoms with E-state index >= 15 is 0 Å². The first-order valence-corrected chi connectivity index (χ1v) is 6.54. The van der Waals surface area contributed by atoms with E-state index in [-0.39, 0.29) is 0 Å². The normalized spacial score (nSPS) is 10.8. The van der Waals surface area contributed by atoms with E-state index in [0.29, 0.717) is 17.7 Å². The van der Waals surface area contributed by atoms with E-state index in [1.54, 1.807) is 55.7 Å². The summed E-state index contributed by atoms with van der Waals surface area (Å²) in [5, 5.41) is 8.94. The molecule has 0 amide bonds. The van der Waals surface area contributed by atoms with Crippen LogP contribution in [0.2, 0.25) is 0 Å². The fourth-order valence-electron chi connectivity index (χ4n) is 1.87. The number of hydrogen-bond acceptors (Lipinski definition) is 4. The van der Waals surface area contributed by atoms with E-state index < -0.39 is 5.97 Å². The van der Waals surface area contributed by atoms with Gasteiger partial charge < -0.3 is 4.74 Å². The molecule has 0 atom stereocenters. The minimum atomic E-state index is -0.397. The zero-order valence-electron chi connectivity index (χ0n) is 11.6. The number of nitrogens with zero attached hydrogens (tertiary/aromatic N) is 2. The van der Waals surface area contributed by atoms with Crippen molar-refractivity contribution in [3.8, 4) is 6.07 Å². The average Bonchev–Trinajstić information content (AvgIpc) is 2.54. The number of pyridine rings is 1. The van der Waals surface area contributed by atoms with Crippen LogP contribution in [-0.4, -0.2) is 17.6 Å². The van der Waals surface area contributed by atoms with Gasteiger partial charge in [-0.3, -0.25) is 4.98 Å². The first kappa shape index (κ1) is 14.5. The maximum absolute atomic E-state index is 12.1. The van der Waals surface area contributed by atoms with Crippen LogP contribution in [0.5, 0.6) is 0 Å². The van der Waals surface area contributed by atoms with Gasteiger partial charge in [0.2, 0.25) is 0 Å². The van der Waals surface area contributed by atoms with Crippen molar-refractivity contribution in [1.29, 1.82) is 5.26 Å². The van der Waals surface area contributed by atoms with Crippen LogP contribution in [-0.2, 0) is 9.53 Å². The topological polar surface area (TPSA) is 63.0 Å². The lowest BCUT2D eigenvalue weighted by Crippen LogP contribution is -2.06. The van der Waals surface area contributed by atoms with Gasteiger partial charge in [-0.05, 0) is 48.4 Å². The van der Waals surface area contributed by atoms with Crippen LogP contribution in [0.4, 0.5) is 0 Å². The number of ether oxygens (including phenoxy) is 1. The predicted octanol–water partition coefficient (Wildman–Crippen LogP) is 3.06. The summed E-state index contributed by atoms with van der Waals surface area (Å²) in [5.74, 6) is -0.397. The number of nitriles is 1. The Morgan fingerprint density at radius 1 is 1.33 bits per heavy atom. The van der Waals surface area contributed by atoms with E-state index in [9.17, 15) is 4.79 Å². The third-order valence-electron chi connectivity index (χ3n) is 2.81. The highest BCUT2D eigenvalue weighted by molar-refractivity contribution is 6.21. The SMILES string of the molecule is CCOC(=O)C(=Cc1cccc(C#N)c1)c1ccncc1. The molecule has 2 aromatic rings. The molecular formula is C17H14N2O2. The summed E-state index contributed by atoms with van der Waals surface area (Å²) >= 11 is 0. The fraction of sp³-hybridized carbons (Fsp3) is 0.118. The number of carbonyl (C=O) groups excluding carboxylic acids is 1. The third-order valence-corrected chi connectivity index (χ3v) is 2.81. The Hall–Kier alpha value is -2.93. The summed E-state index contributed by atoms with van der Waals surface area (Å²) in [5.41, 5.74) is 2.48. The van der Waals surface area contributed by atoms with Crippen molar-refractivity contribution in [2.75, 3.05) is 6.61 Å². The van der Waals surface area contributed by atoms with Gasteiger partial charge >= 0.3 is 5.97 Å². The van der Waals surface area contributed by atoms with Gasteiger partial charge in [0.15, 0.2) is 0 Å². The molecule has 0 aliphatic carbocycles. The van der Waals surface area contributed by atoms with Crippen LogP contribution in [0.25, 0.3) is 11.6 Å². The molecule has 0 radical (unpaired) electrons. The van der Waals surface area contributed by atoms with Crippen molar-refractivity contribution >= 4 is 17.6 Å². The lowest BCUT2D eigenvalue weighted by atomic mass is 10.0. The Kier molecular flexibility index (Phi) is 4.84.